The zero-order valence-electron chi connectivity index (χ0n) is 15.6. The summed E-state index contributed by atoms with van der Waals surface area (Å²) in [6.07, 6.45) is 1.79. The number of piperazine rings is 1. The van der Waals surface area contributed by atoms with E-state index in [0.717, 1.165) is 23.0 Å². The number of fused-ring (bicyclic) bond motifs is 1. The summed E-state index contributed by atoms with van der Waals surface area (Å²) in [7, 11) is 0. The Kier molecular flexibility index (Phi) is 5.42. The number of benzene rings is 2. The number of amides is 1. The average Bonchev–Trinajstić information content (AvgIpc) is 2.74. The molecule has 0 bridgehead atoms. The second-order valence-corrected chi connectivity index (χ2v) is 7.42. The van der Waals surface area contributed by atoms with E-state index >= 15 is 0 Å². The highest BCUT2D eigenvalue weighted by molar-refractivity contribution is 6.31. The van der Waals surface area contributed by atoms with Crippen molar-refractivity contribution in [3.8, 4) is 0 Å². The summed E-state index contributed by atoms with van der Waals surface area (Å²) < 4.78 is 0. The van der Waals surface area contributed by atoms with Crippen molar-refractivity contribution in [1.82, 2.24) is 14.8 Å². The molecule has 1 saturated heterocycles. The van der Waals surface area contributed by atoms with Gasteiger partial charge in [0.25, 0.3) is 11.6 Å². The predicted octanol–water partition coefficient (Wildman–Crippen LogP) is 3.75. The van der Waals surface area contributed by atoms with Crippen LogP contribution < -0.4 is 0 Å². The maximum absolute atomic E-state index is 12.8. The topological polar surface area (TPSA) is 79.6 Å². The van der Waals surface area contributed by atoms with Gasteiger partial charge in [-0.25, -0.2) is 0 Å². The third-order valence-corrected chi connectivity index (χ3v) is 5.39. The predicted molar refractivity (Wildman–Crippen MR) is 111 cm³/mol. The third kappa shape index (κ3) is 4.06. The number of para-hydroxylation sites is 1. The monoisotopic (exact) mass is 410 g/mol. The van der Waals surface area contributed by atoms with E-state index < -0.39 is 4.92 Å². The lowest BCUT2D eigenvalue weighted by Gasteiger charge is -2.34. The molecule has 1 amide bonds. The molecule has 0 atom stereocenters. The smallest absolute Gasteiger partial charge is 0.283 e. The molecule has 29 heavy (non-hydrogen) atoms. The number of halogens is 1. The van der Waals surface area contributed by atoms with Gasteiger partial charge < -0.3 is 4.90 Å². The molecular weight excluding hydrogens is 392 g/mol. The van der Waals surface area contributed by atoms with Crippen LogP contribution in [0.5, 0.6) is 0 Å². The summed E-state index contributed by atoms with van der Waals surface area (Å²) in [6, 6.07) is 14.3. The average molecular weight is 411 g/mol. The molecule has 0 radical (unpaired) electrons. The van der Waals surface area contributed by atoms with Crippen molar-refractivity contribution in [2.75, 3.05) is 26.2 Å². The lowest BCUT2D eigenvalue weighted by Crippen LogP contribution is -2.48. The van der Waals surface area contributed by atoms with E-state index in [0.29, 0.717) is 26.2 Å². The fraction of sp³-hybridized carbons (Fsp3) is 0.238. The molecule has 7 nitrogen and oxygen atoms in total. The third-order valence-electron chi connectivity index (χ3n) is 5.16. The number of nitrogens with zero attached hydrogens (tertiary/aromatic N) is 4. The van der Waals surface area contributed by atoms with E-state index in [2.05, 4.69) is 16.0 Å². The second kappa shape index (κ2) is 8.14. The second-order valence-electron chi connectivity index (χ2n) is 6.98. The van der Waals surface area contributed by atoms with E-state index in [1.807, 2.05) is 24.3 Å². The Morgan fingerprint density at radius 1 is 1.10 bits per heavy atom. The van der Waals surface area contributed by atoms with Gasteiger partial charge in [0.1, 0.15) is 5.56 Å². The summed E-state index contributed by atoms with van der Waals surface area (Å²) in [5.41, 5.74) is 1.96. The van der Waals surface area contributed by atoms with Crippen LogP contribution in [0.1, 0.15) is 15.9 Å². The molecule has 0 N–H and O–H groups in total. The van der Waals surface area contributed by atoms with Crippen LogP contribution in [-0.4, -0.2) is 51.8 Å². The van der Waals surface area contributed by atoms with Crippen molar-refractivity contribution >= 4 is 34.1 Å². The zero-order valence-corrected chi connectivity index (χ0v) is 16.4. The highest BCUT2D eigenvalue weighted by Gasteiger charge is 2.28. The van der Waals surface area contributed by atoms with E-state index in [1.54, 1.807) is 11.1 Å². The lowest BCUT2D eigenvalue weighted by molar-refractivity contribution is -0.385. The van der Waals surface area contributed by atoms with E-state index in [9.17, 15) is 14.9 Å². The molecule has 0 unspecified atom stereocenters. The number of pyridine rings is 1. The molecule has 0 spiro atoms. The van der Waals surface area contributed by atoms with E-state index in [1.165, 1.54) is 18.2 Å². The number of nitro benzene ring substituents is 1. The van der Waals surface area contributed by atoms with Crippen molar-refractivity contribution in [2.24, 2.45) is 0 Å². The molecule has 8 heteroatoms. The van der Waals surface area contributed by atoms with Gasteiger partial charge in [-0.3, -0.25) is 24.8 Å². The largest absolute Gasteiger partial charge is 0.336 e. The number of rotatable bonds is 4. The normalized spacial score (nSPS) is 14.9. The van der Waals surface area contributed by atoms with Gasteiger partial charge in [-0.1, -0.05) is 35.9 Å². The Labute approximate surface area is 172 Å². The van der Waals surface area contributed by atoms with Gasteiger partial charge in [0.2, 0.25) is 0 Å². The number of hydrogen-bond donors (Lipinski definition) is 0. The van der Waals surface area contributed by atoms with Crippen LogP contribution in [0, 0.1) is 10.1 Å². The van der Waals surface area contributed by atoms with Crippen LogP contribution in [-0.2, 0) is 6.54 Å². The van der Waals surface area contributed by atoms with Crippen molar-refractivity contribution in [3.63, 3.8) is 0 Å². The number of carbonyl (C=O) groups excluding carboxylic acids is 1. The van der Waals surface area contributed by atoms with Gasteiger partial charge in [0.15, 0.2) is 0 Å². The van der Waals surface area contributed by atoms with Crippen LogP contribution in [0.25, 0.3) is 10.9 Å². The molecule has 0 saturated carbocycles. The highest BCUT2D eigenvalue weighted by atomic mass is 35.5. The molecule has 4 rings (SSSR count). The molecule has 3 aromatic rings. The standard InChI is InChI=1S/C21H19ClN4O3/c22-17-6-7-18(19(13-17)26(28)29)21(27)25-11-9-24(10-12-25)14-16-4-1-3-15-5-2-8-23-20(15)16/h1-8,13H,9-12,14H2. The highest BCUT2D eigenvalue weighted by Crippen LogP contribution is 2.25. The van der Waals surface area contributed by atoms with Gasteiger partial charge in [-0.2, -0.15) is 0 Å². The van der Waals surface area contributed by atoms with Crippen LogP contribution in [0.3, 0.4) is 0 Å². The minimum Gasteiger partial charge on any atom is -0.336 e. The minimum absolute atomic E-state index is 0.0751. The summed E-state index contributed by atoms with van der Waals surface area (Å²) in [5.74, 6) is -0.333. The number of nitro groups is 1. The Morgan fingerprint density at radius 3 is 2.62 bits per heavy atom. The lowest BCUT2D eigenvalue weighted by atomic mass is 10.1. The van der Waals surface area contributed by atoms with Gasteiger partial charge in [0, 0.05) is 55.4 Å². The molecule has 1 aliphatic rings. The first-order valence-corrected chi connectivity index (χ1v) is 9.69. The quantitative estimate of drug-likeness (QED) is 0.483. The molecule has 1 fully saturated rings. The fourth-order valence-corrected chi connectivity index (χ4v) is 3.82. The van der Waals surface area contributed by atoms with Crippen molar-refractivity contribution < 1.29 is 9.72 Å². The van der Waals surface area contributed by atoms with Crippen molar-refractivity contribution in [1.29, 1.82) is 0 Å². The number of hydrogen-bond acceptors (Lipinski definition) is 5. The first-order valence-electron chi connectivity index (χ1n) is 9.31. The SMILES string of the molecule is O=C(c1ccc(Cl)cc1[N+](=O)[O-])N1CCN(Cc2cccc3cccnc23)CC1. The van der Waals surface area contributed by atoms with Crippen LogP contribution in [0.2, 0.25) is 5.02 Å². The minimum atomic E-state index is -0.567. The maximum atomic E-state index is 12.8. The van der Waals surface area contributed by atoms with Crippen LogP contribution in [0.4, 0.5) is 5.69 Å². The Hall–Kier alpha value is -3.03. The molecule has 0 aliphatic carbocycles. The summed E-state index contributed by atoms with van der Waals surface area (Å²) in [5, 5.41) is 12.6. The molecule has 1 aliphatic heterocycles. The van der Waals surface area contributed by atoms with Gasteiger partial charge in [-0.15, -0.1) is 0 Å². The molecule has 2 heterocycles. The van der Waals surface area contributed by atoms with Gasteiger partial charge in [-0.05, 0) is 23.8 Å². The molecule has 148 valence electrons. The van der Waals surface area contributed by atoms with E-state index in [4.69, 9.17) is 11.6 Å². The Bertz CT molecular complexity index is 1080. The first kappa shape index (κ1) is 19.3. The van der Waals surface area contributed by atoms with Crippen molar-refractivity contribution in [3.05, 3.63) is 81.0 Å². The number of aromatic nitrogens is 1. The first-order chi connectivity index (χ1) is 14.0. The molecular formula is C21H19ClN4O3. The van der Waals surface area contributed by atoms with Crippen LogP contribution in [0.15, 0.2) is 54.7 Å². The zero-order chi connectivity index (χ0) is 20.4. The summed E-state index contributed by atoms with van der Waals surface area (Å²) >= 11 is 5.85. The van der Waals surface area contributed by atoms with E-state index in [-0.39, 0.29) is 22.2 Å². The Morgan fingerprint density at radius 2 is 1.86 bits per heavy atom. The summed E-state index contributed by atoms with van der Waals surface area (Å²) in [4.78, 5) is 32.0. The van der Waals surface area contributed by atoms with Crippen molar-refractivity contribution in [2.45, 2.75) is 6.54 Å². The Balaban J connectivity index is 1.45. The van der Waals surface area contributed by atoms with Gasteiger partial charge in [0.05, 0.1) is 10.4 Å². The van der Waals surface area contributed by atoms with Crippen LogP contribution >= 0.6 is 11.6 Å². The summed E-state index contributed by atoms with van der Waals surface area (Å²) in [6.45, 7) is 3.15. The fourth-order valence-electron chi connectivity index (χ4n) is 3.65. The molecule has 1 aromatic heterocycles. The van der Waals surface area contributed by atoms with Gasteiger partial charge >= 0.3 is 0 Å². The maximum Gasteiger partial charge on any atom is 0.283 e. The molecule has 2 aromatic carbocycles. The number of carbonyl (C=O) groups is 1.